The molecule has 6 aromatic rings. The van der Waals surface area contributed by atoms with Crippen LogP contribution in [0, 0.1) is 35.3 Å². The van der Waals surface area contributed by atoms with E-state index in [1.54, 1.807) is 74.8 Å². The number of ether oxygens (including phenoxy) is 5. The van der Waals surface area contributed by atoms with Crippen molar-refractivity contribution < 1.29 is 64.0 Å². The standard InChI is InChI=1S/C32H32FNO6S.C31H30FNO6S/c1-3-4-22(19-31(35)38-2)21-5-8-24(9-6-21)39-29-13-11-27-26(10-12-28(33)32(27)29)23-7-14-30(34-20-23)40-25-15-17-41(36,37)18-16-25;1-2-3-21(18-30(34)35)20-4-7-23(8-5-20)38-28-12-10-26-25(9-11-27(32)31(26)28)22-6-13-29(33-19-22)39-24-14-16-40(36,37)17-15-24/h5-10,12,14,20,22,25,29H,11,13,15-19H2,1-2H3;4-9,11,13,19,21,24,28H,10,12,14-18H2,1H3,(H,34,35)/t22-,29+;21-,28+/m00/s1. The average molecular weight is 1140 g/mol. The van der Waals surface area contributed by atoms with Gasteiger partial charge in [0.15, 0.2) is 19.7 Å². The Morgan fingerprint density at radius 2 is 0.975 bits per heavy atom. The summed E-state index contributed by atoms with van der Waals surface area (Å²) in [5.41, 5.74) is 8.00. The van der Waals surface area contributed by atoms with Gasteiger partial charge in [0.05, 0.1) is 54.8 Å². The number of carboxylic acids is 1. The Morgan fingerprint density at radius 1 is 0.568 bits per heavy atom. The van der Waals surface area contributed by atoms with Gasteiger partial charge in [0.1, 0.15) is 47.5 Å². The number of hydrogen-bond donors (Lipinski definition) is 1. The highest BCUT2D eigenvalue weighted by Crippen LogP contribution is 2.44. The topological polar surface area (TPSA) is 195 Å². The highest BCUT2D eigenvalue weighted by Gasteiger charge is 2.33. The third-order valence-corrected chi connectivity index (χ3v) is 18.4. The predicted octanol–water partition coefficient (Wildman–Crippen LogP) is 11.1. The Morgan fingerprint density at radius 3 is 1.33 bits per heavy atom. The van der Waals surface area contributed by atoms with Crippen LogP contribution in [-0.2, 0) is 46.8 Å². The molecule has 14 nitrogen and oxygen atoms in total. The minimum absolute atomic E-state index is 0.0854. The van der Waals surface area contributed by atoms with E-state index in [1.807, 2.05) is 36.4 Å². The van der Waals surface area contributed by atoms with Crippen molar-refractivity contribution >= 4 is 31.6 Å². The van der Waals surface area contributed by atoms with Crippen LogP contribution >= 0.6 is 0 Å². The van der Waals surface area contributed by atoms with Gasteiger partial charge in [-0.2, -0.15) is 0 Å². The molecule has 0 bridgehead atoms. The summed E-state index contributed by atoms with van der Waals surface area (Å²) in [5.74, 6) is 11.7. The Kier molecular flexibility index (Phi) is 18.4. The van der Waals surface area contributed by atoms with Crippen LogP contribution in [0.5, 0.6) is 23.3 Å². The van der Waals surface area contributed by atoms with Gasteiger partial charge in [-0.15, -0.1) is 11.8 Å². The first kappa shape index (κ1) is 57.9. The summed E-state index contributed by atoms with van der Waals surface area (Å²) in [7, 11) is -4.56. The highest BCUT2D eigenvalue weighted by atomic mass is 32.2. The molecule has 4 aromatic carbocycles. The summed E-state index contributed by atoms with van der Waals surface area (Å²) >= 11 is 0. The van der Waals surface area contributed by atoms with Gasteiger partial charge in [-0.05, 0) is 147 Å². The van der Waals surface area contributed by atoms with Crippen LogP contribution in [0.25, 0.3) is 22.3 Å². The van der Waals surface area contributed by atoms with Crippen molar-refractivity contribution in [3.63, 3.8) is 0 Å². The third kappa shape index (κ3) is 14.6. The lowest BCUT2D eigenvalue weighted by atomic mass is 9.96. The lowest BCUT2D eigenvalue weighted by Gasteiger charge is -2.22. The van der Waals surface area contributed by atoms with Crippen molar-refractivity contribution in [2.45, 2.75) is 114 Å². The number of benzene rings is 4. The average Bonchev–Trinajstić information content (AvgIpc) is 4.17. The first-order valence-corrected chi connectivity index (χ1v) is 30.6. The minimum Gasteiger partial charge on any atom is -0.486 e. The zero-order chi connectivity index (χ0) is 57.3. The maximum absolute atomic E-state index is 15.1. The number of carbonyl (C=O) groups excluding carboxylic acids is 1. The Bertz CT molecular complexity index is 3580. The zero-order valence-corrected chi connectivity index (χ0v) is 46.8. The fourth-order valence-corrected chi connectivity index (χ4v) is 13.7. The molecule has 2 aliphatic carbocycles. The number of fused-ring (bicyclic) bond motifs is 2. The van der Waals surface area contributed by atoms with Gasteiger partial charge in [-0.3, -0.25) is 9.59 Å². The van der Waals surface area contributed by atoms with Crippen molar-refractivity contribution in [2.24, 2.45) is 0 Å². The first-order chi connectivity index (χ1) is 39.0. The maximum Gasteiger partial charge on any atom is 0.307 e. The van der Waals surface area contributed by atoms with E-state index in [4.69, 9.17) is 23.7 Å². The third-order valence-electron chi connectivity index (χ3n) is 15.0. The molecule has 2 fully saturated rings. The molecule has 4 aliphatic rings. The number of pyridine rings is 2. The molecule has 0 radical (unpaired) electrons. The molecular formula is C63H62F2N2O12S2. The van der Waals surface area contributed by atoms with Gasteiger partial charge in [0.25, 0.3) is 0 Å². The number of halogens is 2. The number of carboxylic acid groups (broad SMARTS) is 1. The minimum atomic E-state index is -2.96. The Balaban J connectivity index is 0.000000196. The van der Waals surface area contributed by atoms with Gasteiger partial charge >= 0.3 is 11.9 Å². The normalized spacial score (nSPS) is 18.6. The molecule has 0 unspecified atom stereocenters. The second-order valence-electron chi connectivity index (χ2n) is 20.4. The maximum atomic E-state index is 15.1. The number of rotatable bonds is 16. The molecule has 422 valence electrons. The van der Waals surface area contributed by atoms with E-state index >= 15 is 8.78 Å². The van der Waals surface area contributed by atoms with Crippen LogP contribution < -0.4 is 18.9 Å². The van der Waals surface area contributed by atoms with Gasteiger partial charge in [-0.25, -0.2) is 35.6 Å². The number of carbonyl (C=O) groups is 2. The smallest absolute Gasteiger partial charge is 0.307 e. The molecule has 0 amide bonds. The van der Waals surface area contributed by atoms with Gasteiger partial charge in [0.2, 0.25) is 11.8 Å². The zero-order valence-electron chi connectivity index (χ0n) is 45.2. The molecule has 2 aromatic heterocycles. The molecule has 0 saturated carbocycles. The van der Waals surface area contributed by atoms with E-state index in [9.17, 15) is 31.5 Å². The number of aromatic nitrogens is 2. The van der Waals surface area contributed by atoms with Crippen molar-refractivity contribution in [3.8, 4) is 69.2 Å². The van der Waals surface area contributed by atoms with E-state index < -0.39 is 43.8 Å². The van der Waals surface area contributed by atoms with E-state index in [1.165, 1.54) is 19.2 Å². The number of hydrogen-bond acceptors (Lipinski definition) is 13. The van der Waals surface area contributed by atoms with Crippen LogP contribution in [0.15, 0.2) is 109 Å². The highest BCUT2D eigenvalue weighted by molar-refractivity contribution is 7.91. The van der Waals surface area contributed by atoms with E-state index in [-0.39, 0.29) is 71.6 Å². The summed E-state index contributed by atoms with van der Waals surface area (Å²) in [6, 6.07) is 28.3. The van der Waals surface area contributed by atoms with Crippen LogP contribution in [0.4, 0.5) is 8.78 Å². The van der Waals surface area contributed by atoms with Crippen LogP contribution in [0.2, 0.25) is 0 Å². The van der Waals surface area contributed by atoms with Crippen molar-refractivity contribution in [1.29, 1.82) is 0 Å². The molecule has 10 rings (SSSR count). The van der Waals surface area contributed by atoms with Gasteiger partial charge < -0.3 is 28.8 Å². The van der Waals surface area contributed by atoms with E-state index in [0.717, 1.165) is 44.5 Å². The van der Waals surface area contributed by atoms with Gasteiger partial charge in [0, 0.05) is 46.8 Å². The summed E-state index contributed by atoms with van der Waals surface area (Å²) in [4.78, 5) is 31.9. The van der Waals surface area contributed by atoms with E-state index in [2.05, 4.69) is 33.6 Å². The molecular weight excluding hydrogens is 1080 g/mol. The predicted molar refractivity (Wildman–Crippen MR) is 301 cm³/mol. The molecule has 4 atom stereocenters. The molecule has 0 spiro atoms. The van der Waals surface area contributed by atoms with Crippen LogP contribution in [0.3, 0.4) is 0 Å². The van der Waals surface area contributed by atoms with Crippen molar-refractivity contribution in [1.82, 2.24) is 9.97 Å². The lowest BCUT2D eigenvalue weighted by molar-refractivity contribution is -0.141. The van der Waals surface area contributed by atoms with Crippen molar-refractivity contribution in [2.75, 3.05) is 30.1 Å². The number of aliphatic carboxylic acids is 1. The molecule has 1 N–H and O–H groups in total. The first-order valence-electron chi connectivity index (χ1n) is 26.9. The summed E-state index contributed by atoms with van der Waals surface area (Å²) in [6.07, 6.45) is 6.64. The van der Waals surface area contributed by atoms with Gasteiger partial charge in [-0.1, -0.05) is 48.2 Å². The molecule has 81 heavy (non-hydrogen) atoms. The SMILES string of the molecule is CC#C[C@@H](CC(=O)O)c1ccc(O[C@@H]2CCc3c(-c4ccc(OC5CCS(=O)(=O)CC5)nc4)ccc(F)c32)cc1.CC#C[C@@H](CC(=O)OC)c1ccc(O[C@@H]2CCc3c(-c4ccc(OC5CCS(=O)(=O)CC5)nc4)ccc(F)c32)cc1. The summed E-state index contributed by atoms with van der Waals surface area (Å²) < 4.78 is 106. The second kappa shape index (κ2) is 25.8. The molecule has 18 heteroatoms. The quantitative estimate of drug-likeness (QED) is 0.0710. The van der Waals surface area contributed by atoms with E-state index in [0.29, 0.717) is 85.8 Å². The summed E-state index contributed by atoms with van der Waals surface area (Å²) in [6.45, 7) is 3.41. The fourth-order valence-electron chi connectivity index (χ4n) is 10.8. The summed E-state index contributed by atoms with van der Waals surface area (Å²) in [5, 5.41) is 9.18. The van der Waals surface area contributed by atoms with Crippen LogP contribution in [0.1, 0.15) is 123 Å². The number of methoxy groups -OCH3 is 1. The molecule has 4 heterocycles. The largest absolute Gasteiger partial charge is 0.486 e. The second-order valence-corrected chi connectivity index (χ2v) is 25.0. The monoisotopic (exact) mass is 1140 g/mol. The number of esters is 1. The van der Waals surface area contributed by atoms with Crippen LogP contribution in [-0.4, -0.2) is 86.2 Å². The Hall–Kier alpha value is -7.80. The number of sulfone groups is 2. The lowest BCUT2D eigenvalue weighted by Crippen LogP contribution is -2.30. The number of nitrogens with zero attached hydrogens (tertiary/aromatic N) is 2. The molecule has 2 saturated heterocycles. The fraction of sp³-hybridized carbons (Fsp3) is 0.365. The van der Waals surface area contributed by atoms with Crippen molar-refractivity contribution in [3.05, 3.63) is 154 Å². The molecule has 2 aliphatic heterocycles. The Labute approximate surface area is 471 Å².